The number of benzene rings is 1. The predicted octanol–water partition coefficient (Wildman–Crippen LogP) is 3.83. The summed E-state index contributed by atoms with van der Waals surface area (Å²) in [6.07, 6.45) is -4.55. The summed E-state index contributed by atoms with van der Waals surface area (Å²) in [6, 6.07) is 5.85. The first-order valence-corrected chi connectivity index (χ1v) is 7.41. The van der Waals surface area contributed by atoms with Crippen molar-refractivity contribution < 1.29 is 27.4 Å². The molecule has 0 spiro atoms. The molecule has 0 saturated heterocycles. The molecule has 1 aromatic carbocycles. The molecule has 0 fully saturated rings. The summed E-state index contributed by atoms with van der Waals surface area (Å²) in [5.74, 6) is -1.22. The number of halogens is 3. The van der Waals surface area contributed by atoms with E-state index in [9.17, 15) is 23.2 Å². The van der Waals surface area contributed by atoms with Crippen LogP contribution in [0.15, 0.2) is 24.3 Å². The number of nitrogens with two attached hydrogens (primary N) is 1. The molecule has 0 radical (unpaired) electrons. The van der Waals surface area contributed by atoms with E-state index in [-0.39, 0.29) is 40.7 Å². The smallest absolute Gasteiger partial charge is 0.416 e. The van der Waals surface area contributed by atoms with Gasteiger partial charge in [-0.1, -0.05) is 6.07 Å². The molecule has 9 heteroatoms. The first-order chi connectivity index (χ1) is 12.2. The summed E-state index contributed by atoms with van der Waals surface area (Å²) in [6.45, 7) is 3.15. The second kappa shape index (κ2) is 7.31. The van der Waals surface area contributed by atoms with Gasteiger partial charge in [0.05, 0.1) is 23.6 Å². The van der Waals surface area contributed by atoms with Gasteiger partial charge in [0.1, 0.15) is 22.9 Å². The van der Waals surface area contributed by atoms with Gasteiger partial charge >= 0.3 is 12.1 Å². The molecule has 1 heterocycles. The molecule has 6 nitrogen and oxygen atoms in total. The van der Waals surface area contributed by atoms with Crippen LogP contribution >= 0.6 is 0 Å². The van der Waals surface area contributed by atoms with Crippen molar-refractivity contribution in [2.45, 2.75) is 20.0 Å². The number of aromatic nitrogens is 1. The normalized spacial score (nSPS) is 10.9. The van der Waals surface area contributed by atoms with Gasteiger partial charge in [0.25, 0.3) is 0 Å². The van der Waals surface area contributed by atoms with Crippen LogP contribution in [0.25, 0.3) is 0 Å². The molecule has 0 aliphatic rings. The number of rotatable bonds is 4. The number of hydrogen-bond donors (Lipinski definition) is 1. The zero-order chi connectivity index (χ0) is 19.5. The summed E-state index contributed by atoms with van der Waals surface area (Å²) in [5, 5.41) is 9.31. The first kappa shape index (κ1) is 19.1. The Morgan fingerprint density at radius 3 is 2.65 bits per heavy atom. The summed E-state index contributed by atoms with van der Waals surface area (Å²) in [7, 11) is 0. The van der Waals surface area contributed by atoms with Crippen LogP contribution in [0.3, 0.4) is 0 Å². The minimum absolute atomic E-state index is 0.0835. The van der Waals surface area contributed by atoms with Gasteiger partial charge in [-0.2, -0.15) is 18.4 Å². The van der Waals surface area contributed by atoms with Crippen LogP contribution in [-0.2, 0) is 10.9 Å². The van der Waals surface area contributed by atoms with Gasteiger partial charge in [0, 0.05) is 0 Å². The number of esters is 1. The number of nitriles is 1. The minimum Gasteiger partial charge on any atom is -0.462 e. The topological polar surface area (TPSA) is 98.2 Å². The highest BCUT2D eigenvalue weighted by atomic mass is 19.4. The van der Waals surface area contributed by atoms with Crippen LogP contribution in [-0.4, -0.2) is 17.6 Å². The monoisotopic (exact) mass is 365 g/mol. The highest BCUT2D eigenvalue weighted by molar-refractivity contribution is 5.98. The van der Waals surface area contributed by atoms with Crippen LogP contribution in [0, 0.1) is 18.3 Å². The molecule has 136 valence electrons. The molecule has 1 aromatic heterocycles. The molecule has 2 aromatic rings. The number of nitrogen functional groups attached to an aromatic ring is 1. The second-order valence-corrected chi connectivity index (χ2v) is 5.13. The van der Waals surface area contributed by atoms with Crippen molar-refractivity contribution in [1.29, 1.82) is 5.26 Å². The number of carbonyl (C=O) groups excluding carboxylic acids is 1. The summed E-state index contributed by atoms with van der Waals surface area (Å²) in [5.41, 5.74) is 4.51. The highest BCUT2D eigenvalue weighted by Gasteiger charge is 2.31. The number of anilines is 1. The fraction of sp³-hybridized carbons (Fsp3) is 0.235. The Labute approximate surface area is 147 Å². The van der Waals surface area contributed by atoms with Crippen molar-refractivity contribution in [2.75, 3.05) is 12.3 Å². The molecule has 0 amide bonds. The summed E-state index contributed by atoms with van der Waals surface area (Å²) >= 11 is 0. The van der Waals surface area contributed by atoms with E-state index in [0.29, 0.717) is 0 Å². The van der Waals surface area contributed by atoms with E-state index in [1.54, 1.807) is 13.0 Å². The molecule has 0 bridgehead atoms. The van der Waals surface area contributed by atoms with Crippen molar-refractivity contribution in [1.82, 2.24) is 4.98 Å². The molecule has 0 aliphatic heterocycles. The molecular formula is C17H14F3N3O3. The van der Waals surface area contributed by atoms with Crippen molar-refractivity contribution in [3.63, 3.8) is 0 Å². The quantitative estimate of drug-likeness (QED) is 0.827. The fourth-order valence-electron chi connectivity index (χ4n) is 2.19. The average molecular weight is 365 g/mol. The Kier molecular flexibility index (Phi) is 5.35. The lowest BCUT2D eigenvalue weighted by molar-refractivity contribution is -0.137. The Hall–Kier alpha value is -3.28. The van der Waals surface area contributed by atoms with E-state index in [1.807, 2.05) is 0 Å². The van der Waals surface area contributed by atoms with E-state index < -0.39 is 17.7 Å². The third kappa shape index (κ3) is 3.85. The number of nitrogens with zero attached hydrogens (tertiary/aromatic N) is 2. The van der Waals surface area contributed by atoms with Crippen LogP contribution < -0.4 is 10.5 Å². The molecule has 26 heavy (non-hydrogen) atoms. The number of ether oxygens (including phenoxy) is 2. The number of hydrogen-bond acceptors (Lipinski definition) is 6. The molecule has 2 N–H and O–H groups in total. The van der Waals surface area contributed by atoms with Gasteiger partial charge in [0.2, 0.25) is 5.88 Å². The number of pyridine rings is 1. The van der Waals surface area contributed by atoms with Crippen molar-refractivity contribution in [3.05, 3.63) is 46.6 Å². The second-order valence-electron chi connectivity index (χ2n) is 5.13. The number of alkyl halides is 3. The van der Waals surface area contributed by atoms with Crippen LogP contribution in [0.4, 0.5) is 18.9 Å². The standard InChI is InChI=1S/C17H14F3N3O3/c1-3-25-16(24)13-9(2)23-15(12(8-21)14(13)22)26-11-6-4-5-10(7-11)17(18,19)20/h4-7H,3H2,1-2H3,(H2,22,23). The van der Waals surface area contributed by atoms with Crippen molar-refractivity contribution >= 4 is 11.7 Å². The Morgan fingerprint density at radius 2 is 2.08 bits per heavy atom. The van der Waals surface area contributed by atoms with Gasteiger partial charge in [-0.25, -0.2) is 9.78 Å². The van der Waals surface area contributed by atoms with E-state index in [4.69, 9.17) is 15.2 Å². The number of aryl methyl sites for hydroxylation is 1. The van der Waals surface area contributed by atoms with Gasteiger partial charge in [-0.15, -0.1) is 0 Å². The lowest BCUT2D eigenvalue weighted by Gasteiger charge is -2.14. The van der Waals surface area contributed by atoms with E-state index >= 15 is 0 Å². The van der Waals surface area contributed by atoms with Crippen molar-refractivity contribution in [3.8, 4) is 17.7 Å². The van der Waals surface area contributed by atoms with Crippen LogP contribution in [0.1, 0.15) is 34.1 Å². The Morgan fingerprint density at radius 1 is 1.38 bits per heavy atom. The van der Waals surface area contributed by atoms with E-state index in [0.717, 1.165) is 18.2 Å². The van der Waals surface area contributed by atoms with Crippen LogP contribution in [0.5, 0.6) is 11.6 Å². The SMILES string of the molecule is CCOC(=O)c1c(C)nc(Oc2cccc(C(F)(F)F)c2)c(C#N)c1N. The Balaban J connectivity index is 2.49. The predicted molar refractivity (Wildman–Crippen MR) is 85.6 cm³/mol. The first-order valence-electron chi connectivity index (χ1n) is 7.41. The molecule has 0 unspecified atom stereocenters. The Bertz CT molecular complexity index is 889. The zero-order valence-electron chi connectivity index (χ0n) is 13.8. The average Bonchev–Trinajstić information content (AvgIpc) is 2.54. The maximum absolute atomic E-state index is 12.8. The number of carbonyl (C=O) groups is 1. The minimum atomic E-state index is -4.55. The summed E-state index contributed by atoms with van der Waals surface area (Å²) in [4.78, 5) is 16.0. The van der Waals surface area contributed by atoms with Crippen molar-refractivity contribution in [2.24, 2.45) is 0 Å². The lowest BCUT2D eigenvalue weighted by Crippen LogP contribution is -2.13. The maximum Gasteiger partial charge on any atom is 0.416 e. The largest absolute Gasteiger partial charge is 0.462 e. The lowest BCUT2D eigenvalue weighted by atomic mass is 10.1. The van der Waals surface area contributed by atoms with Gasteiger partial charge in [-0.3, -0.25) is 0 Å². The molecule has 0 aliphatic carbocycles. The van der Waals surface area contributed by atoms with Gasteiger partial charge < -0.3 is 15.2 Å². The van der Waals surface area contributed by atoms with E-state index in [1.165, 1.54) is 13.0 Å². The van der Waals surface area contributed by atoms with E-state index in [2.05, 4.69) is 4.98 Å². The molecular weight excluding hydrogens is 351 g/mol. The fourth-order valence-corrected chi connectivity index (χ4v) is 2.19. The van der Waals surface area contributed by atoms with Gasteiger partial charge in [0.15, 0.2) is 0 Å². The zero-order valence-corrected chi connectivity index (χ0v) is 13.8. The maximum atomic E-state index is 12.8. The summed E-state index contributed by atoms with van der Waals surface area (Å²) < 4.78 is 48.6. The molecule has 0 saturated carbocycles. The van der Waals surface area contributed by atoms with Gasteiger partial charge in [-0.05, 0) is 32.0 Å². The molecule has 2 rings (SSSR count). The third-order valence-electron chi connectivity index (χ3n) is 3.35. The third-order valence-corrected chi connectivity index (χ3v) is 3.35. The molecule has 0 atom stereocenters. The highest BCUT2D eigenvalue weighted by Crippen LogP contribution is 2.35. The van der Waals surface area contributed by atoms with Crippen LogP contribution in [0.2, 0.25) is 0 Å².